The van der Waals surface area contributed by atoms with E-state index in [0.717, 1.165) is 17.9 Å². The molecule has 1 N–H and O–H groups in total. The average molecular weight is 253 g/mol. The lowest BCUT2D eigenvalue weighted by atomic mass is 10.2. The molecule has 1 aliphatic rings. The first kappa shape index (κ1) is 12.9. The molecule has 1 fully saturated rings. The van der Waals surface area contributed by atoms with Crippen LogP contribution in [0.15, 0.2) is 29.2 Å². The van der Waals surface area contributed by atoms with Gasteiger partial charge in [-0.05, 0) is 37.9 Å². The van der Waals surface area contributed by atoms with E-state index in [4.69, 9.17) is 0 Å². The summed E-state index contributed by atoms with van der Waals surface area (Å²) >= 11 is 1.70. The molecule has 1 saturated carbocycles. The normalized spacial score (nSPS) is 24.1. The van der Waals surface area contributed by atoms with Gasteiger partial charge in [-0.25, -0.2) is 4.39 Å². The molecule has 2 unspecified atom stereocenters. The summed E-state index contributed by atoms with van der Waals surface area (Å²) in [6, 6.07) is 7.65. The Morgan fingerprint density at radius 1 is 1.35 bits per heavy atom. The van der Waals surface area contributed by atoms with Crippen LogP contribution in [0.4, 0.5) is 4.39 Å². The van der Waals surface area contributed by atoms with Crippen molar-refractivity contribution >= 4 is 11.8 Å². The van der Waals surface area contributed by atoms with E-state index in [0.29, 0.717) is 11.3 Å². The fourth-order valence-electron chi connectivity index (χ4n) is 2.33. The second-order valence-electron chi connectivity index (χ2n) is 4.58. The Hall–Kier alpha value is -0.540. The molecule has 0 heterocycles. The van der Waals surface area contributed by atoms with Crippen LogP contribution < -0.4 is 5.32 Å². The molecule has 2 rings (SSSR count). The van der Waals surface area contributed by atoms with E-state index in [1.165, 1.54) is 19.3 Å². The van der Waals surface area contributed by atoms with Crippen LogP contribution in [0.5, 0.6) is 0 Å². The molecular formula is C14H20FNS. The molecule has 3 heteroatoms. The van der Waals surface area contributed by atoms with Gasteiger partial charge in [0.25, 0.3) is 0 Å². The first-order valence-corrected chi connectivity index (χ1v) is 7.33. The highest BCUT2D eigenvalue weighted by molar-refractivity contribution is 8.00. The van der Waals surface area contributed by atoms with E-state index in [1.54, 1.807) is 23.9 Å². The summed E-state index contributed by atoms with van der Waals surface area (Å²) < 4.78 is 13.6. The van der Waals surface area contributed by atoms with E-state index in [1.807, 2.05) is 12.1 Å². The van der Waals surface area contributed by atoms with Crippen molar-refractivity contribution in [2.75, 3.05) is 6.54 Å². The highest BCUT2D eigenvalue weighted by atomic mass is 32.2. The minimum Gasteiger partial charge on any atom is -0.313 e. The van der Waals surface area contributed by atoms with Crippen molar-refractivity contribution < 1.29 is 4.39 Å². The maximum atomic E-state index is 13.6. The maximum Gasteiger partial charge on any atom is 0.136 e. The summed E-state index contributed by atoms with van der Waals surface area (Å²) in [4.78, 5) is 0.794. The first-order valence-electron chi connectivity index (χ1n) is 6.46. The molecule has 1 aromatic carbocycles. The topological polar surface area (TPSA) is 12.0 Å². The largest absolute Gasteiger partial charge is 0.313 e. The number of thioether (sulfide) groups is 1. The summed E-state index contributed by atoms with van der Waals surface area (Å²) in [5.74, 6) is -0.0846. The molecule has 2 atom stereocenters. The van der Waals surface area contributed by atoms with Gasteiger partial charge in [0.05, 0.1) is 0 Å². The second-order valence-corrected chi connectivity index (χ2v) is 5.86. The zero-order valence-corrected chi connectivity index (χ0v) is 11.1. The molecule has 0 bridgehead atoms. The van der Waals surface area contributed by atoms with Gasteiger partial charge in [0.2, 0.25) is 0 Å². The third kappa shape index (κ3) is 3.46. The monoisotopic (exact) mass is 253 g/mol. The highest BCUT2D eigenvalue weighted by Gasteiger charge is 2.27. The molecule has 1 nitrogen and oxygen atoms in total. The lowest BCUT2D eigenvalue weighted by Gasteiger charge is -2.20. The van der Waals surface area contributed by atoms with Crippen molar-refractivity contribution in [3.63, 3.8) is 0 Å². The van der Waals surface area contributed by atoms with Crippen LogP contribution in [0.1, 0.15) is 32.6 Å². The molecule has 0 radical (unpaired) electrons. The number of benzene rings is 1. The molecule has 94 valence electrons. The number of rotatable bonds is 5. The van der Waals surface area contributed by atoms with Crippen molar-refractivity contribution in [3.8, 4) is 0 Å². The minimum atomic E-state index is -0.0846. The van der Waals surface area contributed by atoms with Gasteiger partial charge in [0.1, 0.15) is 5.82 Å². The maximum absolute atomic E-state index is 13.6. The molecule has 1 aromatic rings. The number of halogens is 1. The Morgan fingerprint density at radius 3 is 2.94 bits per heavy atom. The summed E-state index contributed by atoms with van der Waals surface area (Å²) in [6.07, 6.45) is 4.84. The van der Waals surface area contributed by atoms with Crippen LogP contribution in [-0.2, 0) is 0 Å². The zero-order valence-electron chi connectivity index (χ0n) is 10.3. The van der Waals surface area contributed by atoms with Crippen LogP contribution in [-0.4, -0.2) is 17.8 Å². The number of hydrogen-bond acceptors (Lipinski definition) is 2. The smallest absolute Gasteiger partial charge is 0.136 e. The van der Waals surface area contributed by atoms with Crippen molar-refractivity contribution in [3.05, 3.63) is 30.1 Å². The van der Waals surface area contributed by atoms with Crippen molar-refractivity contribution in [1.82, 2.24) is 5.32 Å². The zero-order chi connectivity index (χ0) is 12.1. The predicted octanol–water partition coefficient (Wildman–Crippen LogP) is 3.84. The summed E-state index contributed by atoms with van der Waals surface area (Å²) in [7, 11) is 0. The Bertz CT molecular complexity index is 356. The molecule has 0 saturated heterocycles. The third-order valence-electron chi connectivity index (χ3n) is 3.22. The third-order valence-corrected chi connectivity index (χ3v) is 4.68. The van der Waals surface area contributed by atoms with Gasteiger partial charge in [-0.3, -0.25) is 0 Å². The van der Waals surface area contributed by atoms with Gasteiger partial charge >= 0.3 is 0 Å². The fraction of sp³-hybridized carbons (Fsp3) is 0.571. The van der Waals surface area contributed by atoms with E-state index in [9.17, 15) is 4.39 Å². The van der Waals surface area contributed by atoms with Crippen LogP contribution in [0.3, 0.4) is 0 Å². The standard InChI is InChI=1S/C14H20FNS/c1-2-10-16-12-7-5-9-14(12)17-13-8-4-3-6-11(13)15/h3-4,6,8,12,14,16H,2,5,7,9-10H2,1H3. The molecule has 0 aromatic heterocycles. The van der Waals surface area contributed by atoms with Crippen molar-refractivity contribution in [2.45, 2.75) is 48.8 Å². The van der Waals surface area contributed by atoms with Gasteiger partial charge in [0.15, 0.2) is 0 Å². The summed E-state index contributed by atoms with van der Waals surface area (Å²) in [5, 5.41) is 4.10. The molecule has 17 heavy (non-hydrogen) atoms. The van der Waals surface area contributed by atoms with Gasteiger partial charge in [-0.1, -0.05) is 25.5 Å². The SMILES string of the molecule is CCCNC1CCCC1Sc1ccccc1F. The Labute approximate surface area is 107 Å². The fourth-order valence-corrected chi connectivity index (χ4v) is 3.68. The van der Waals surface area contributed by atoms with Crippen LogP contribution in [0.2, 0.25) is 0 Å². The van der Waals surface area contributed by atoms with Gasteiger partial charge in [0, 0.05) is 16.2 Å². The Balaban J connectivity index is 1.95. The average Bonchev–Trinajstić information content (AvgIpc) is 2.77. The minimum absolute atomic E-state index is 0.0846. The Kier molecular flexibility index (Phi) is 4.86. The second kappa shape index (κ2) is 6.41. The van der Waals surface area contributed by atoms with Gasteiger partial charge in [-0.2, -0.15) is 0 Å². The molecule has 0 spiro atoms. The molecular weight excluding hydrogens is 233 g/mol. The lowest BCUT2D eigenvalue weighted by molar-refractivity contribution is 0.530. The van der Waals surface area contributed by atoms with Crippen molar-refractivity contribution in [1.29, 1.82) is 0 Å². The van der Waals surface area contributed by atoms with E-state index >= 15 is 0 Å². The number of hydrogen-bond donors (Lipinski definition) is 1. The summed E-state index contributed by atoms with van der Waals surface area (Å²) in [6.45, 7) is 3.25. The van der Waals surface area contributed by atoms with Crippen LogP contribution in [0.25, 0.3) is 0 Å². The van der Waals surface area contributed by atoms with Crippen LogP contribution >= 0.6 is 11.8 Å². The Morgan fingerprint density at radius 2 is 2.18 bits per heavy atom. The lowest BCUT2D eigenvalue weighted by Crippen LogP contribution is -2.34. The molecule has 0 amide bonds. The number of nitrogens with one attached hydrogen (secondary N) is 1. The first-order chi connectivity index (χ1) is 8.31. The summed E-state index contributed by atoms with van der Waals surface area (Å²) in [5.41, 5.74) is 0. The van der Waals surface area contributed by atoms with Crippen molar-refractivity contribution in [2.24, 2.45) is 0 Å². The van der Waals surface area contributed by atoms with Crippen LogP contribution in [0, 0.1) is 5.82 Å². The predicted molar refractivity (Wildman–Crippen MR) is 72.0 cm³/mol. The van der Waals surface area contributed by atoms with Gasteiger partial charge in [-0.15, -0.1) is 11.8 Å². The van der Waals surface area contributed by atoms with E-state index < -0.39 is 0 Å². The quantitative estimate of drug-likeness (QED) is 0.855. The van der Waals surface area contributed by atoms with Gasteiger partial charge < -0.3 is 5.32 Å². The van der Waals surface area contributed by atoms with E-state index in [-0.39, 0.29) is 5.82 Å². The molecule has 0 aliphatic heterocycles. The highest BCUT2D eigenvalue weighted by Crippen LogP contribution is 2.36. The molecule has 1 aliphatic carbocycles. The van der Waals surface area contributed by atoms with E-state index in [2.05, 4.69) is 12.2 Å².